The minimum absolute atomic E-state index is 0.159. The Morgan fingerprint density at radius 2 is 2.20 bits per heavy atom. The molecule has 2 amide bonds. The number of methoxy groups -OCH3 is 1. The van der Waals surface area contributed by atoms with Crippen LogP contribution >= 0.6 is 11.3 Å². The zero-order chi connectivity index (χ0) is 17.5. The molecule has 0 bridgehead atoms. The number of nitrogens with zero attached hydrogens (tertiary/aromatic N) is 1. The molecular formula is C18H23N3O3S. The van der Waals surface area contributed by atoms with E-state index in [4.69, 9.17) is 9.47 Å². The maximum atomic E-state index is 12.3. The van der Waals surface area contributed by atoms with E-state index < -0.39 is 0 Å². The molecule has 1 saturated heterocycles. The molecule has 1 aliphatic heterocycles. The molecular weight excluding hydrogens is 338 g/mol. The van der Waals surface area contributed by atoms with Crippen molar-refractivity contribution in [3.63, 3.8) is 0 Å². The Labute approximate surface area is 151 Å². The lowest BCUT2D eigenvalue weighted by Crippen LogP contribution is -2.44. The van der Waals surface area contributed by atoms with Crippen LogP contribution in [-0.4, -0.2) is 50.9 Å². The van der Waals surface area contributed by atoms with Crippen molar-refractivity contribution in [1.82, 2.24) is 10.2 Å². The van der Waals surface area contributed by atoms with Crippen molar-refractivity contribution < 1.29 is 14.3 Å². The highest BCUT2D eigenvalue weighted by Crippen LogP contribution is 2.23. The van der Waals surface area contributed by atoms with Crippen LogP contribution in [0.4, 0.5) is 10.5 Å². The summed E-state index contributed by atoms with van der Waals surface area (Å²) in [7, 11) is 1.60. The Bertz CT molecular complexity index is 672. The van der Waals surface area contributed by atoms with Gasteiger partial charge in [-0.1, -0.05) is 6.07 Å². The number of rotatable bonds is 6. The summed E-state index contributed by atoms with van der Waals surface area (Å²) in [6, 6.07) is 9.36. The highest BCUT2D eigenvalue weighted by Gasteiger charge is 2.23. The fraction of sp³-hybridized carbons (Fsp3) is 0.389. The van der Waals surface area contributed by atoms with Crippen LogP contribution in [0.25, 0.3) is 0 Å². The summed E-state index contributed by atoms with van der Waals surface area (Å²) in [5.41, 5.74) is 1.93. The van der Waals surface area contributed by atoms with Crippen molar-refractivity contribution in [1.29, 1.82) is 0 Å². The van der Waals surface area contributed by atoms with Crippen LogP contribution < -0.4 is 15.4 Å². The van der Waals surface area contributed by atoms with Gasteiger partial charge < -0.3 is 20.1 Å². The third-order valence-corrected chi connectivity index (χ3v) is 4.90. The van der Waals surface area contributed by atoms with E-state index in [1.54, 1.807) is 24.5 Å². The molecule has 1 aromatic heterocycles. The van der Waals surface area contributed by atoms with E-state index in [1.807, 2.05) is 18.2 Å². The molecule has 1 atom stereocenters. The zero-order valence-corrected chi connectivity index (χ0v) is 15.1. The molecule has 2 N–H and O–H groups in total. The van der Waals surface area contributed by atoms with Gasteiger partial charge in [-0.25, -0.2) is 4.79 Å². The average molecular weight is 361 g/mol. The molecule has 25 heavy (non-hydrogen) atoms. The molecule has 6 nitrogen and oxygen atoms in total. The summed E-state index contributed by atoms with van der Waals surface area (Å²) in [5, 5.41) is 10.0. The first kappa shape index (κ1) is 17.7. The van der Waals surface area contributed by atoms with Crippen LogP contribution in [0.1, 0.15) is 11.6 Å². The van der Waals surface area contributed by atoms with Gasteiger partial charge in [0.2, 0.25) is 0 Å². The van der Waals surface area contributed by atoms with Crippen molar-refractivity contribution >= 4 is 23.1 Å². The Hall–Kier alpha value is -2.09. The predicted molar refractivity (Wildman–Crippen MR) is 99.5 cm³/mol. The summed E-state index contributed by atoms with van der Waals surface area (Å²) in [6.45, 7) is 3.76. The van der Waals surface area contributed by atoms with Crippen LogP contribution in [0, 0.1) is 0 Å². The monoisotopic (exact) mass is 361 g/mol. The first-order chi connectivity index (χ1) is 12.3. The van der Waals surface area contributed by atoms with Crippen LogP contribution in [0.15, 0.2) is 41.1 Å². The first-order valence-corrected chi connectivity index (χ1v) is 9.23. The second kappa shape index (κ2) is 8.84. The van der Waals surface area contributed by atoms with Gasteiger partial charge in [0.25, 0.3) is 0 Å². The summed E-state index contributed by atoms with van der Waals surface area (Å²) < 4.78 is 10.6. The number of hydrogen-bond acceptors (Lipinski definition) is 5. The first-order valence-electron chi connectivity index (χ1n) is 8.29. The van der Waals surface area contributed by atoms with Crippen molar-refractivity contribution in [2.45, 2.75) is 6.04 Å². The van der Waals surface area contributed by atoms with Gasteiger partial charge in [0, 0.05) is 31.4 Å². The normalized spacial score (nSPS) is 16.2. The second-order valence-corrected chi connectivity index (χ2v) is 6.57. The molecule has 0 aliphatic carbocycles. The van der Waals surface area contributed by atoms with Crippen molar-refractivity contribution in [3.05, 3.63) is 46.7 Å². The average Bonchev–Trinajstić information content (AvgIpc) is 3.17. The van der Waals surface area contributed by atoms with E-state index in [0.29, 0.717) is 18.0 Å². The van der Waals surface area contributed by atoms with Gasteiger partial charge in [-0.2, -0.15) is 11.3 Å². The minimum Gasteiger partial charge on any atom is -0.497 e. The largest absolute Gasteiger partial charge is 0.497 e. The predicted octanol–water partition coefficient (Wildman–Crippen LogP) is 2.95. The third-order valence-electron chi connectivity index (χ3n) is 4.20. The Balaban J connectivity index is 1.59. The van der Waals surface area contributed by atoms with Gasteiger partial charge in [-0.3, -0.25) is 4.90 Å². The van der Waals surface area contributed by atoms with Crippen molar-refractivity contribution in [3.8, 4) is 5.75 Å². The number of morpholine rings is 1. The molecule has 0 unspecified atom stereocenters. The van der Waals surface area contributed by atoms with E-state index >= 15 is 0 Å². The maximum Gasteiger partial charge on any atom is 0.319 e. The summed E-state index contributed by atoms with van der Waals surface area (Å²) >= 11 is 1.67. The highest BCUT2D eigenvalue weighted by molar-refractivity contribution is 7.07. The minimum atomic E-state index is -0.221. The van der Waals surface area contributed by atoms with E-state index in [1.165, 1.54) is 5.56 Å². The number of ether oxygens (including phenoxy) is 2. The standard InChI is InChI=1S/C18H23N3O3S/c1-23-16-4-2-3-15(11-16)20-18(22)19-12-17(14-5-10-25-13-14)21-6-8-24-9-7-21/h2-5,10-11,13,17H,6-9,12H2,1H3,(H2,19,20,22)/t17-/m0/s1. The lowest BCUT2D eigenvalue weighted by molar-refractivity contribution is 0.0168. The van der Waals surface area contributed by atoms with Gasteiger partial charge in [-0.15, -0.1) is 0 Å². The van der Waals surface area contributed by atoms with Crippen molar-refractivity contribution in [2.75, 3.05) is 45.3 Å². The fourth-order valence-corrected chi connectivity index (χ4v) is 3.58. The van der Waals surface area contributed by atoms with E-state index in [2.05, 4.69) is 32.4 Å². The summed E-state index contributed by atoms with van der Waals surface area (Å²) in [4.78, 5) is 14.6. The fourth-order valence-electron chi connectivity index (χ4n) is 2.88. The third kappa shape index (κ3) is 4.94. The molecule has 7 heteroatoms. The molecule has 0 spiro atoms. The molecule has 0 saturated carbocycles. The molecule has 1 aromatic carbocycles. The van der Waals surface area contributed by atoms with Gasteiger partial charge in [0.15, 0.2) is 0 Å². The Morgan fingerprint density at radius 3 is 2.92 bits per heavy atom. The number of thiophene rings is 1. The van der Waals surface area contributed by atoms with E-state index in [9.17, 15) is 4.79 Å². The Kier molecular flexibility index (Phi) is 6.27. The van der Waals surface area contributed by atoms with Crippen molar-refractivity contribution in [2.24, 2.45) is 0 Å². The zero-order valence-electron chi connectivity index (χ0n) is 14.2. The summed E-state index contributed by atoms with van der Waals surface area (Å²) in [5.74, 6) is 0.710. The number of urea groups is 1. The van der Waals surface area contributed by atoms with Gasteiger partial charge in [0.05, 0.1) is 26.4 Å². The molecule has 3 rings (SSSR count). The van der Waals surface area contributed by atoms with E-state index in [0.717, 1.165) is 26.3 Å². The van der Waals surface area contributed by atoms with E-state index in [-0.39, 0.29) is 12.1 Å². The smallest absolute Gasteiger partial charge is 0.319 e. The number of amides is 2. The molecule has 1 fully saturated rings. The number of nitrogens with one attached hydrogen (secondary N) is 2. The van der Waals surface area contributed by atoms with Crippen LogP contribution in [0.2, 0.25) is 0 Å². The van der Waals surface area contributed by atoms with Crippen LogP contribution in [0.3, 0.4) is 0 Å². The van der Waals surface area contributed by atoms with Gasteiger partial charge >= 0.3 is 6.03 Å². The molecule has 1 aliphatic rings. The highest BCUT2D eigenvalue weighted by atomic mass is 32.1. The second-order valence-electron chi connectivity index (χ2n) is 5.79. The number of benzene rings is 1. The molecule has 0 radical (unpaired) electrons. The van der Waals surface area contributed by atoms with Crippen LogP contribution in [0.5, 0.6) is 5.75 Å². The summed E-state index contributed by atoms with van der Waals surface area (Å²) in [6.07, 6.45) is 0. The maximum absolute atomic E-state index is 12.3. The number of carbonyl (C=O) groups excluding carboxylic acids is 1. The molecule has 2 aromatic rings. The molecule has 2 heterocycles. The number of hydrogen-bond donors (Lipinski definition) is 2. The lowest BCUT2D eigenvalue weighted by Gasteiger charge is -2.34. The SMILES string of the molecule is COc1cccc(NC(=O)NC[C@@H](c2ccsc2)N2CCOCC2)c1. The number of anilines is 1. The molecule has 134 valence electrons. The van der Waals surface area contributed by atoms with Gasteiger partial charge in [0.1, 0.15) is 5.75 Å². The topological polar surface area (TPSA) is 62.8 Å². The quantitative estimate of drug-likeness (QED) is 0.830. The van der Waals surface area contributed by atoms with Gasteiger partial charge in [-0.05, 0) is 34.5 Å². The lowest BCUT2D eigenvalue weighted by atomic mass is 10.1. The Morgan fingerprint density at radius 1 is 1.36 bits per heavy atom. The van der Waals surface area contributed by atoms with Crippen LogP contribution in [-0.2, 0) is 4.74 Å². The number of carbonyl (C=O) groups is 1.